The van der Waals surface area contributed by atoms with Crippen LogP contribution in [0.25, 0.3) is 0 Å². The first-order valence-corrected chi connectivity index (χ1v) is 6.56. The molecule has 0 saturated carbocycles. The minimum Gasteiger partial charge on any atom is -0.507 e. The fraction of sp³-hybridized carbons (Fsp3) is 0.118. The molecule has 2 aromatic rings. The lowest BCUT2D eigenvalue weighted by molar-refractivity contribution is 0.104. The van der Waals surface area contributed by atoms with Gasteiger partial charge in [0, 0.05) is 0 Å². The van der Waals surface area contributed by atoms with Crippen molar-refractivity contribution in [2.45, 2.75) is 12.2 Å². The molecule has 106 valence electrons. The van der Waals surface area contributed by atoms with E-state index in [1.807, 2.05) is 30.3 Å². The van der Waals surface area contributed by atoms with E-state index >= 15 is 0 Å². The highest BCUT2D eigenvalue weighted by Crippen LogP contribution is 2.39. The first kappa shape index (κ1) is 13.5. The maximum atomic E-state index is 13.1. The van der Waals surface area contributed by atoms with Crippen LogP contribution < -0.4 is 0 Å². The summed E-state index contributed by atoms with van der Waals surface area (Å²) in [7, 11) is 0. The zero-order chi connectivity index (χ0) is 14.8. The number of rotatable bonds is 4. The van der Waals surface area contributed by atoms with E-state index in [0.29, 0.717) is 0 Å². The Balaban J connectivity index is 1.68. The maximum Gasteiger partial charge on any atom is 0.189 e. The van der Waals surface area contributed by atoms with E-state index in [0.717, 1.165) is 23.8 Å². The average Bonchev–Trinajstić information content (AvgIpc) is 3.28. The highest BCUT2D eigenvalue weighted by atomic mass is 19.1. The summed E-state index contributed by atoms with van der Waals surface area (Å²) in [5.41, 5.74) is 0.997. The van der Waals surface area contributed by atoms with E-state index in [1.165, 1.54) is 6.08 Å². The molecule has 1 saturated heterocycles. The van der Waals surface area contributed by atoms with E-state index in [4.69, 9.17) is 4.74 Å². The van der Waals surface area contributed by atoms with E-state index in [1.54, 1.807) is 6.08 Å². The number of phenols is 1. The molecule has 2 unspecified atom stereocenters. The molecule has 0 aliphatic carbocycles. The van der Waals surface area contributed by atoms with E-state index in [2.05, 4.69) is 0 Å². The topological polar surface area (TPSA) is 49.8 Å². The second-order valence-electron chi connectivity index (χ2n) is 4.82. The van der Waals surface area contributed by atoms with Gasteiger partial charge in [-0.15, -0.1) is 0 Å². The Kier molecular flexibility index (Phi) is 3.54. The fourth-order valence-corrected chi connectivity index (χ4v) is 2.16. The number of phenolic OH excluding ortho intramolecular Hbond substituents is 1. The predicted molar refractivity (Wildman–Crippen MR) is 75.6 cm³/mol. The number of ketones is 1. The molecule has 1 fully saturated rings. The highest BCUT2D eigenvalue weighted by Gasteiger charge is 2.37. The molecule has 0 bridgehead atoms. The van der Waals surface area contributed by atoms with Crippen LogP contribution in [0.15, 0.2) is 60.7 Å². The normalized spacial score (nSPS) is 20.6. The van der Waals surface area contributed by atoms with Crippen molar-refractivity contribution in [1.29, 1.82) is 0 Å². The van der Waals surface area contributed by atoms with E-state index in [9.17, 15) is 14.3 Å². The van der Waals surface area contributed by atoms with E-state index in [-0.39, 0.29) is 23.5 Å². The number of hydrogen-bond donors (Lipinski definition) is 1. The van der Waals surface area contributed by atoms with Crippen LogP contribution in [0.5, 0.6) is 5.75 Å². The third-order valence-electron chi connectivity index (χ3n) is 3.31. The van der Waals surface area contributed by atoms with Gasteiger partial charge in [0.15, 0.2) is 5.78 Å². The molecule has 1 aliphatic rings. The van der Waals surface area contributed by atoms with Gasteiger partial charge in [-0.05, 0) is 35.9 Å². The number of carbonyl (C=O) groups is 1. The zero-order valence-corrected chi connectivity index (χ0v) is 11.1. The number of benzene rings is 2. The number of epoxide rings is 1. The molecule has 3 nitrogen and oxygen atoms in total. The number of halogens is 1. The van der Waals surface area contributed by atoms with Gasteiger partial charge >= 0.3 is 0 Å². The summed E-state index contributed by atoms with van der Waals surface area (Å²) in [6, 6.07) is 13.0. The number of ether oxygens (including phenoxy) is 1. The van der Waals surface area contributed by atoms with Gasteiger partial charge < -0.3 is 9.84 Å². The molecule has 1 heterocycles. The summed E-state index contributed by atoms with van der Waals surface area (Å²) < 4.78 is 18.6. The third kappa shape index (κ3) is 3.01. The smallest absolute Gasteiger partial charge is 0.189 e. The Morgan fingerprint density at radius 1 is 1.19 bits per heavy atom. The van der Waals surface area contributed by atoms with Crippen LogP contribution in [0.1, 0.15) is 22.0 Å². The maximum absolute atomic E-state index is 13.1. The Morgan fingerprint density at radius 2 is 1.95 bits per heavy atom. The van der Waals surface area contributed by atoms with Crippen LogP contribution in [0, 0.1) is 5.82 Å². The van der Waals surface area contributed by atoms with Crippen molar-refractivity contribution in [3.8, 4) is 5.75 Å². The lowest BCUT2D eigenvalue weighted by Gasteiger charge is -1.99. The summed E-state index contributed by atoms with van der Waals surface area (Å²) in [6.07, 6.45) is 2.73. The van der Waals surface area contributed by atoms with Gasteiger partial charge in [-0.2, -0.15) is 0 Å². The lowest BCUT2D eigenvalue weighted by Crippen LogP contribution is -1.97. The molecule has 0 amide bonds. The predicted octanol–water partition coefficient (Wildman–Crippen LogP) is 3.41. The van der Waals surface area contributed by atoms with Crippen molar-refractivity contribution >= 4 is 5.78 Å². The number of aromatic hydroxyl groups is 1. The number of allylic oxidation sites excluding steroid dienone is 1. The molecule has 1 aliphatic heterocycles. The largest absolute Gasteiger partial charge is 0.507 e. The Labute approximate surface area is 121 Å². The van der Waals surface area contributed by atoms with Crippen LogP contribution in [-0.2, 0) is 4.74 Å². The molecular formula is C17H13FO3. The standard InChI is InChI=1S/C17H13FO3/c18-12-6-7-14(19)13(10-12)15(20)8-9-16-17(21-16)11-4-2-1-3-5-11/h1-10,16-17,19H/b9-8+. The molecule has 1 N–H and O–H groups in total. The monoisotopic (exact) mass is 284 g/mol. The van der Waals surface area contributed by atoms with Crippen molar-refractivity contribution < 1.29 is 19.0 Å². The van der Waals surface area contributed by atoms with Gasteiger partial charge in [-0.25, -0.2) is 4.39 Å². The minimum atomic E-state index is -0.561. The summed E-state index contributed by atoms with van der Waals surface area (Å²) in [5, 5.41) is 9.56. The third-order valence-corrected chi connectivity index (χ3v) is 3.31. The molecule has 0 radical (unpaired) electrons. The van der Waals surface area contributed by atoms with Crippen LogP contribution in [0.4, 0.5) is 4.39 Å². The molecule has 21 heavy (non-hydrogen) atoms. The molecule has 3 rings (SSSR count). The van der Waals surface area contributed by atoms with Gasteiger partial charge in [-0.1, -0.05) is 30.3 Å². The Morgan fingerprint density at radius 3 is 2.71 bits per heavy atom. The van der Waals surface area contributed by atoms with Crippen LogP contribution in [0.2, 0.25) is 0 Å². The van der Waals surface area contributed by atoms with Crippen molar-refractivity contribution in [2.24, 2.45) is 0 Å². The first-order valence-electron chi connectivity index (χ1n) is 6.56. The van der Waals surface area contributed by atoms with Crippen molar-refractivity contribution in [2.75, 3.05) is 0 Å². The second kappa shape index (κ2) is 5.50. The Bertz CT molecular complexity index is 694. The fourth-order valence-electron chi connectivity index (χ4n) is 2.16. The Hall–Kier alpha value is -2.46. The summed E-state index contributed by atoms with van der Waals surface area (Å²) in [4.78, 5) is 11.9. The van der Waals surface area contributed by atoms with Crippen molar-refractivity contribution in [3.63, 3.8) is 0 Å². The molecule has 2 atom stereocenters. The number of carbonyl (C=O) groups excluding carboxylic acids is 1. The lowest BCUT2D eigenvalue weighted by atomic mass is 10.1. The zero-order valence-electron chi connectivity index (χ0n) is 11.1. The van der Waals surface area contributed by atoms with E-state index < -0.39 is 11.6 Å². The minimum absolute atomic E-state index is 0.0450. The average molecular weight is 284 g/mol. The van der Waals surface area contributed by atoms with Crippen LogP contribution in [-0.4, -0.2) is 17.0 Å². The summed E-state index contributed by atoms with van der Waals surface area (Å²) >= 11 is 0. The molecule has 0 aromatic heterocycles. The van der Waals surface area contributed by atoms with Gasteiger partial charge in [0.25, 0.3) is 0 Å². The second-order valence-corrected chi connectivity index (χ2v) is 4.82. The van der Waals surface area contributed by atoms with Crippen molar-refractivity contribution in [3.05, 3.63) is 77.6 Å². The SMILES string of the molecule is O=C(/C=C/C1OC1c1ccccc1)c1cc(F)ccc1O. The van der Waals surface area contributed by atoms with Gasteiger partial charge in [0.05, 0.1) is 5.56 Å². The molecule has 4 heteroatoms. The molecular weight excluding hydrogens is 271 g/mol. The quantitative estimate of drug-likeness (QED) is 0.532. The summed E-state index contributed by atoms with van der Waals surface area (Å²) in [6.45, 7) is 0. The number of hydrogen-bond acceptors (Lipinski definition) is 3. The highest BCUT2D eigenvalue weighted by molar-refractivity contribution is 6.06. The van der Waals surface area contributed by atoms with Crippen LogP contribution in [0.3, 0.4) is 0 Å². The van der Waals surface area contributed by atoms with Gasteiger partial charge in [0.2, 0.25) is 0 Å². The molecule has 2 aromatic carbocycles. The summed E-state index contributed by atoms with van der Waals surface area (Å²) in [5.74, 6) is -1.24. The van der Waals surface area contributed by atoms with Gasteiger partial charge in [0.1, 0.15) is 23.8 Å². The van der Waals surface area contributed by atoms with Crippen molar-refractivity contribution in [1.82, 2.24) is 0 Å². The van der Waals surface area contributed by atoms with Crippen LogP contribution >= 0.6 is 0 Å². The first-order chi connectivity index (χ1) is 10.1. The molecule has 0 spiro atoms. The van der Waals surface area contributed by atoms with Gasteiger partial charge in [-0.3, -0.25) is 4.79 Å².